The number of anilines is 1. The molecule has 4 rings (SSSR count). The van der Waals surface area contributed by atoms with Crippen molar-refractivity contribution in [2.45, 2.75) is 37.1 Å². The maximum atomic E-state index is 13.0. The Labute approximate surface area is 198 Å². The number of nitrogens with zero attached hydrogens (tertiary/aromatic N) is 4. The lowest BCUT2D eigenvalue weighted by Gasteiger charge is -2.44. The van der Waals surface area contributed by atoms with Gasteiger partial charge in [-0.25, -0.2) is 23.4 Å². The fourth-order valence-corrected chi connectivity index (χ4v) is 4.64. The standard InChI is InChI=1S/C16H16N6O11S2/c17-14-18-6(5-34-14)9(20-33-16(1-2-16)13(26)27)11(24)19-10-7(22(12(10)25)35(29,30)31)3-21-8(23)4-32-15(21)28/h4-5,7,10,23H,1-3H2,(H2,17,18)(H,19,24)(H,26,27)(H,29,30,31). The smallest absolute Gasteiger partial charge is 0.421 e. The van der Waals surface area contributed by atoms with Gasteiger partial charge in [0.15, 0.2) is 17.1 Å². The van der Waals surface area contributed by atoms with E-state index in [1.807, 2.05) is 0 Å². The van der Waals surface area contributed by atoms with Crippen LogP contribution >= 0.6 is 11.3 Å². The molecule has 2 aliphatic rings. The molecule has 19 heteroatoms. The number of β-lactam (4-membered cyclic amide) rings is 1. The summed E-state index contributed by atoms with van der Waals surface area (Å²) in [6.07, 6.45) is 0.934. The second kappa shape index (κ2) is 8.36. The maximum absolute atomic E-state index is 13.0. The molecule has 0 radical (unpaired) electrons. The topological polar surface area (TPSA) is 257 Å². The number of nitrogen functional groups attached to an aromatic ring is 1. The quantitative estimate of drug-likeness (QED) is 0.0988. The normalized spacial score (nSPS) is 21.3. The van der Waals surface area contributed by atoms with Gasteiger partial charge in [0.1, 0.15) is 11.7 Å². The first-order chi connectivity index (χ1) is 16.3. The number of aliphatic carboxylic acids is 1. The minimum absolute atomic E-state index is 0.00852. The van der Waals surface area contributed by atoms with Gasteiger partial charge in [-0.3, -0.25) is 14.1 Å². The molecule has 2 amide bonds. The van der Waals surface area contributed by atoms with E-state index in [9.17, 15) is 42.4 Å². The minimum atomic E-state index is -5.10. The van der Waals surface area contributed by atoms with Crippen LogP contribution in [0.3, 0.4) is 0 Å². The molecule has 0 bridgehead atoms. The van der Waals surface area contributed by atoms with Crippen LogP contribution in [0.2, 0.25) is 0 Å². The van der Waals surface area contributed by atoms with Crippen LogP contribution in [0.5, 0.6) is 5.88 Å². The third kappa shape index (κ3) is 4.42. The summed E-state index contributed by atoms with van der Waals surface area (Å²) in [6.45, 7) is -0.688. The van der Waals surface area contributed by atoms with Crippen molar-refractivity contribution < 1.29 is 46.8 Å². The highest BCUT2D eigenvalue weighted by Gasteiger charge is 2.56. The summed E-state index contributed by atoms with van der Waals surface area (Å²) in [4.78, 5) is 57.5. The van der Waals surface area contributed by atoms with E-state index < -0.39 is 69.7 Å². The van der Waals surface area contributed by atoms with Crippen LogP contribution in [0.15, 0.2) is 26.0 Å². The van der Waals surface area contributed by atoms with Crippen LogP contribution in [0, 0.1) is 0 Å². The van der Waals surface area contributed by atoms with Crippen molar-refractivity contribution in [2.24, 2.45) is 5.16 Å². The average Bonchev–Trinajstić information content (AvgIpc) is 3.35. The van der Waals surface area contributed by atoms with Gasteiger partial charge in [0, 0.05) is 18.2 Å². The molecule has 3 heterocycles. The van der Waals surface area contributed by atoms with Crippen LogP contribution in [0.4, 0.5) is 5.13 Å². The zero-order valence-corrected chi connectivity index (χ0v) is 18.9. The van der Waals surface area contributed by atoms with Gasteiger partial charge >= 0.3 is 22.0 Å². The van der Waals surface area contributed by atoms with E-state index in [0.29, 0.717) is 10.8 Å². The van der Waals surface area contributed by atoms with E-state index in [4.69, 9.17) is 10.6 Å². The summed E-state index contributed by atoms with van der Waals surface area (Å²) in [7, 11) is -5.10. The second-order valence-electron chi connectivity index (χ2n) is 7.50. The summed E-state index contributed by atoms with van der Waals surface area (Å²) in [5.74, 6) is -5.49. The molecule has 2 aromatic heterocycles. The number of aromatic nitrogens is 2. The number of carbonyl (C=O) groups excluding carboxylic acids is 2. The highest BCUT2D eigenvalue weighted by Crippen LogP contribution is 2.40. The number of aromatic hydroxyl groups is 1. The van der Waals surface area contributed by atoms with Crippen LogP contribution in [-0.4, -0.2) is 78.2 Å². The highest BCUT2D eigenvalue weighted by molar-refractivity contribution is 7.84. The van der Waals surface area contributed by atoms with E-state index in [-0.39, 0.29) is 28.0 Å². The maximum Gasteiger partial charge on any atom is 0.421 e. The molecule has 188 valence electrons. The van der Waals surface area contributed by atoms with Crippen LogP contribution in [0.25, 0.3) is 0 Å². The Morgan fingerprint density at radius 2 is 2.09 bits per heavy atom. The number of carbonyl (C=O) groups is 3. The number of rotatable bonds is 9. The van der Waals surface area contributed by atoms with Crippen molar-refractivity contribution in [1.82, 2.24) is 19.2 Å². The van der Waals surface area contributed by atoms with Crippen LogP contribution in [-0.2, 0) is 36.1 Å². The first-order valence-electron chi connectivity index (χ1n) is 9.54. The number of oxazole rings is 1. The van der Waals surface area contributed by atoms with E-state index in [1.54, 1.807) is 0 Å². The largest absolute Gasteiger partial charge is 0.492 e. The first-order valence-corrected chi connectivity index (χ1v) is 11.8. The number of carboxylic acid groups (broad SMARTS) is 1. The Bertz CT molecular complexity index is 1400. The van der Waals surface area contributed by atoms with Gasteiger partial charge in [0.05, 0.1) is 12.6 Å². The van der Waals surface area contributed by atoms with Gasteiger partial charge < -0.3 is 30.5 Å². The van der Waals surface area contributed by atoms with Crippen molar-refractivity contribution in [3.63, 3.8) is 0 Å². The van der Waals surface area contributed by atoms with Crippen LogP contribution in [0.1, 0.15) is 18.5 Å². The molecule has 2 aromatic rings. The predicted molar refractivity (Wildman–Crippen MR) is 112 cm³/mol. The Kier molecular flexibility index (Phi) is 5.77. The molecule has 2 fully saturated rings. The number of nitrogens with two attached hydrogens (primary N) is 1. The van der Waals surface area contributed by atoms with Gasteiger partial charge in [-0.2, -0.15) is 8.42 Å². The van der Waals surface area contributed by atoms with E-state index >= 15 is 0 Å². The van der Waals surface area contributed by atoms with Crippen molar-refractivity contribution in [1.29, 1.82) is 0 Å². The van der Waals surface area contributed by atoms with Crippen LogP contribution < -0.4 is 16.8 Å². The second-order valence-corrected chi connectivity index (χ2v) is 9.68. The SMILES string of the molecule is Nc1nc(C(=NOC2(C(=O)O)CC2)C(=O)NC2C(=O)N(S(=O)(=O)O)C2Cn2c(O)coc2=O)cs1. The fraction of sp³-hybridized carbons (Fsp3) is 0.375. The Hall–Kier alpha value is -3.97. The van der Waals surface area contributed by atoms with Gasteiger partial charge in [-0.05, 0) is 0 Å². The lowest BCUT2D eigenvalue weighted by Crippen LogP contribution is -2.73. The van der Waals surface area contributed by atoms with Crippen molar-refractivity contribution in [3.8, 4) is 5.88 Å². The van der Waals surface area contributed by atoms with E-state index in [2.05, 4.69) is 19.9 Å². The molecular weight excluding hydrogens is 516 g/mol. The monoisotopic (exact) mass is 532 g/mol. The molecule has 1 aliphatic carbocycles. The van der Waals surface area contributed by atoms with E-state index in [1.165, 1.54) is 5.38 Å². The van der Waals surface area contributed by atoms with Gasteiger partial charge in [-0.1, -0.05) is 5.16 Å². The molecule has 0 aromatic carbocycles. The van der Waals surface area contributed by atoms with Crippen molar-refractivity contribution in [2.75, 3.05) is 5.73 Å². The van der Waals surface area contributed by atoms with E-state index in [0.717, 1.165) is 11.3 Å². The van der Waals surface area contributed by atoms with Crippen molar-refractivity contribution in [3.05, 3.63) is 27.9 Å². The molecule has 1 saturated heterocycles. The third-order valence-electron chi connectivity index (χ3n) is 5.22. The summed E-state index contributed by atoms with van der Waals surface area (Å²) < 4.78 is 37.8. The number of carboxylic acids is 1. The number of hydrogen-bond acceptors (Lipinski definition) is 13. The summed E-state index contributed by atoms with van der Waals surface area (Å²) in [5.41, 5.74) is 3.27. The molecule has 6 N–H and O–H groups in total. The van der Waals surface area contributed by atoms with Gasteiger partial charge in [0.2, 0.25) is 11.5 Å². The number of hydrogen-bond donors (Lipinski definition) is 5. The summed E-state index contributed by atoms with van der Waals surface area (Å²) >= 11 is 0.925. The zero-order chi connectivity index (χ0) is 25.7. The molecule has 1 aliphatic heterocycles. The molecule has 0 spiro atoms. The third-order valence-corrected chi connectivity index (χ3v) is 6.84. The Balaban J connectivity index is 1.62. The van der Waals surface area contributed by atoms with Gasteiger partial charge in [-0.15, -0.1) is 11.3 Å². The lowest BCUT2D eigenvalue weighted by molar-refractivity contribution is -0.153. The molecule has 2 unspecified atom stereocenters. The number of amides is 2. The zero-order valence-electron chi connectivity index (χ0n) is 17.2. The minimum Gasteiger partial charge on any atom is -0.492 e. The number of oxime groups is 1. The lowest BCUT2D eigenvalue weighted by atomic mass is 9.98. The molecule has 2 atom stereocenters. The first kappa shape index (κ1) is 24.2. The summed E-state index contributed by atoms with van der Waals surface area (Å²) in [5, 5.41) is 26.1. The Morgan fingerprint density at radius 3 is 2.57 bits per heavy atom. The Morgan fingerprint density at radius 1 is 1.40 bits per heavy atom. The van der Waals surface area contributed by atoms with Crippen molar-refractivity contribution >= 4 is 50.3 Å². The molecule has 17 nitrogen and oxygen atoms in total. The fourth-order valence-electron chi connectivity index (χ4n) is 3.22. The number of thiazole rings is 1. The molecule has 35 heavy (non-hydrogen) atoms. The summed E-state index contributed by atoms with van der Waals surface area (Å²) in [6, 6.07) is -3.18. The number of nitrogens with one attached hydrogen (secondary N) is 1. The molecule has 1 saturated carbocycles. The predicted octanol–water partition coefficient (Wildman–Crippen LogP) is -2.28. The van der Waals surface area contributed by atoms with Gasteiger partial charge in [0.25, 0.3) is 11.8 Å². The average molecular weight is 532 g/mol. The molecular formula is C16H16N6O11S2. The highest BCUT2D eigenvalue weighted by atomic mass is 32.2.